The molecule has 3 rings (SSSR count). The second-order valence-electron chi connectivity index (χ2n) is 8.83. The van der Waals surface area contributed by atoms with Crippen LogP contribution in [0.25, 0.3) is 11.4 Å². The van der Waals surface area contributed by atoms with Crippen LogP contribution in [0.15, 0.2) is 41.8 Å². The Bertz CT molecular complexity index is 1160. The molecule has 2 aromatic rings. The van der Waals surface area contributed by atoms with Crippen molar-refractivity contribution in [2.45, 2.75) is 45.4 Å². The first kappa shape index (κ1) is 25.6. The fourth-order valence-corrected chi connectivity index (χ4v) is 4.95. The van der Waals surface area contributed by atoms with Crippen molar-refractivity contribution < 1.29 is 17.9 Å². The summed E-state index contributed by atoms with van der Waals surface area (Å²) in [5, 5.41) is 5.44. The molecule has 9 nitrogen and oxygen atoms in total. The maximum absolute atomic E-state index is 13.1. The van der Waals surface area contributed by atoms with E-state index in [0.29, 0.717) is 54.9 Å². The van der Waals surface area contributed by atoms with Crippen LogP contribution < -0.4 is 15.5 Å². The number of ether oxygens (including phenoxy) is 1. The van der Waals surface area contributed by atoms with Crippen LogP contribution in [0.4, 0.5) is 16.3 Å². The van der Waals surface area contributed by atoms with Crippen molar-refractivity contribution in [3.8, 4) is 11.4 Å². The van der Waals surface area contributed by atoms with Crippen molar-refractivity contribution in [1.82, 2.24) is 15.3 Å². The smallest absolute Gasteiger partial charge is 0.319 e. The Morgan fingerprint density at radius 3 is 2.53 bits per heavy atom. The van der Waals surface area contributed by atoms with Crippen LogP contribution in [0, 0.1) is 0 Å². The number of allylic oxidation sites excluding steroid dienone is 1. The summed E-state index contributed by atoms with van der Waals surface area (Å²) >= 11 is 0. The highest BCUT2D eigenvalue weighted by atomic mass is 32.2. The number of nitrogens with one attached hydrogen (secondary N) is 2. The molecule has 0 radical (unpaired) electrons. The lowest BCUT2D eigenvalue weighted by Gasteiger charge is -2.35. The van der Waals surface area contributed by atoms with Gasteiger partial charge >= 0.3 is 6.03 Å². The van der Waals surface area contributed by atoms with Crippen LogP contribution >= 0.6 is 0 Å². The molecule has 1 aromatic heterocycles. The molecule has 10 heteroatoms. The van der Waals surface area contributed by atoms with Crippen molar-refractivity contribution in [2.24, 2.45) is 0 Å². The average Bonchev–Trinajstić information content (AvgIpc) is 2.79. The minimum Gasteiger partial charge on any atom is -0.377 e. The summed E-state index contributed by atoms with van der Waals surface area (Å²) in [5.41, 5.74) is 1.71. The fourth-order valence-electron chi connectivity index (χ4n) is 3.70. The van der Waals surface area contributed by atoms with Crippen LogP contribution in [0.2, 0.25) is 0 Å². The van der Waals surface area contributed by atoms with Gasteiger partial charge in [0.15, 0.2) is 15.7 Å². The van der Waals surface area contributed by atoms with E-state index in [9.17, 15) is 13.2 Å². The maximum atomic E-state index is 13.1. The molecule has 1 saturated heterocycles. The van der Waals surface area contributed by atoms with Crippen LogP contribution in [-0.2, 0) is 19.3 Å². The summed E-state index contributed by atoms with van der Waals surface area (Å²) in [6.07, 6.45) is 0. The van der Waals surface area contributed by atoms with Crippen molar-refractivity contribution in [2.75, 3.05) is 36.5 Å². The summed E-state index contributed by atoms with van der Waals surface area (Å²) < 4.78 is 30.5. The molecule has 2 heterocycles. The van der Waals surface area contributed by atoms with E-state index in [4.69, 9.17) is 9.72 Å². The standard InChI is InChI=1S/C24H33N5O4S/c1-7-25-23(30)26-19-10-8-18(9-11-19)22-27-20(24(5,6)34(31,32)16(2)3)14-21(28-22)29-12-13-33-15-17(29)4/h8-11,14,17H,2,7,12-13,15H2,1,3-6H3,(H2,25,26,30)/t17-/m0/s1. The van der Waals surface area contributed by atoms with E-state index in [1.165, 1.54) is 6.92 Å². The first-order valence-corrected chi connectivity index (χ1v) is 12.7. The molecule has 0 saturated carbocycles. The number of carbonyl (C=O) groups excluding carboxylic acids is 1. The van der Waals surface area contributed by atoms with E-state index in [1.54, 1.807) is 44.2 Å². The zero-order valence-corrected chi connectivity index (χ0v) is 21.2. The summed E-state index contributed by atoms with van der Waals surface area (Å²) in [7, 11) is -3.70. The Morgan fingerprint density at radius 2 is 1.94 bits per heavy atom. The largest absolute Gasteiger partial charge is 0.377 e. The van der Waals surface area contributed by atoms with Gasteiger partial charge in [-0.25, -0.2) is 23.2 Å². The Morgan fingerprint density at radius 1 is 1.26 bits per heavy atom. The van der Waals surface area contributed by atoms with Crippen LogP contribution in [-0.4, -0.2) is 56.8 Å². The number of sulfone groups is 1. The van der Waals surface area contributed by atoms with Crippen molar-refractivity contribution in [3.05, 3.63) is 47.5 Å². The number of benzene rings is 1. The third-order valence-electron chi connectivity index (χ3n) is 5.86. The van der Waals surface area contributed by atoms with Gasteiger partial charge in [0.1, 0.15) is 10.6 Å². The molecule has 1 fully saturated rings. The second-order valence-corrected chi connectivity index (χ2v) is 11.6. The molecule has 2 amide bonds. The number of aromatic nitrogens is 2. The highest BCUT2D eigenvalue weighted by Crippen LogP contribution is 2.35. The summed E-state index contributed by atoms with van der Waals surface area (Å²) in [5.74, 6) is 1.05. The van der Waals surface area contributed by atoms with E-state index < -0.39 is 14.6 Å². The van der Waals surface area contributed by atoms with Gasteiger partial charge in [0.2, 0.25) is 0 Å². The maximum Gasteiger partial charge on any atom is 0.319 e. The molecule has 0 spiro atoms. The third-order valence-corrected chi connectivity index (χ3v) is 8.33. The summed E-state index contributed by atoms with van der Waals surface area (Å²) in [6, 6.07) is 8.65. The molecule has 0 aliphatic carbocycles. The predicted molar refractivity (Wildman–Crippen MR) is 135 cm³/mol. The molecule has 1 aromatic carbocycles. The summed E-state index contributed by atoms with van der Waals surface area (Å²) in [6.45, 7) is 14.6. The first-order valence-electron chi connectivity index (χ1n) is 11.3. The first-order chi connectivity index (χ1) is 16.0. The number of urea groups is 1. The van der Waals surface area contributed by atoms with Gasteiger partial charge in [-0.1, -0.05) is 6.58 Å². The molecule has 1 aliphatic heterocycles. The van der Waals surface area contributed by atoms with Crippen molar-refractivity contribution in [1.29, 1.82) is 0 Å². The van der Waals surface area contributed by atoms with Crippen molar-refractivity contribution in [3.63, 3.8) is 0 Å². The Hall–Kier alpha value is -2.98. The SMILES string of the molecule is C=C(C)S(=O)(=O)C(C)(C)c1cc(N2CCOC[C@@H]2C)nc(-c2ccc(NC(=O)NCC)cc2)n1. The molecule has 184 valence electrons. The number of hydrogen-bond donors (Lipinski definition) is 2. The van der Waals surface area contributed by atoms with Crippen LogP contribution in [0.5, 0.6) is 0 Å². The number of hydrogen-bond acceptors (Lipinski definition) is 7. The number of amides is 2. The van der Waals surface area contributed by atoms with Crippen LogP contribution in [0.1, 0.15) is 40.3 Å². The van der Waals surface area contributed by atoms with Gasteiger partial charge in [-0.15, -0.1) is 0 Å². The van der Waals surface area contributed by atoms with Crippen molar-refractivity contribution >= 4 is 27.4 Å². The topological polar surface area (TPSA) is 114 Å². The lowest BCUT2D eigenvalue weighted by molar-refractivity contribution is 0.0985. The zero-order chi connectivity index (χ0) is 25.1. The van der Waals surface area contributed by atoms with E-state index in [2.05, 4.69) is 27.1 Å². The van der Waals surface area contributed by atoms with Gasteiger partial charge in [0, 0.05) is 35.3 Å². The number of carbonyl (C=O) groups is 1. The molecule has 0 bridgehead atoms. The molecule has 2 N–H and O–H groups in total. The van der Waals surface area contributed by atoms with Gasteiger partial charge in [-0.3, -0.25) is 0 Å². The summed E-state index contributed by atoms with van der Waals surface area (Å²) in [4.78, 5) is 23.4. The fraction of sp³-hybridized carbons (Fsp3) is 0.458. The minimum atomic E-state index is -3.70. The van der Waals surface area contributed by atoms with E-state index in [0.717, 1.165) is 0 Å². The number of rotatable bonds is 7. The quantitative estimate of drug-likeness (QED) is 0.612. The predicted octanol–water partition coefficient (Wildman–Crippen LogP) is 3.69. The Balaban J connectivity index is 2.08. The Kier molecular flexibility index (Phi) is 7.62. The average molecular weight is 488 g/mol. The molecular formula is C24H33N5O4S. The molecule has 1 aliphatic rings. The number of nitrogens with zero attached hydrogens (tertiary/aromatic N) is 3. The molecule has 1 atom stereocenters. The number of anilines is 2. The normalized spacial score (nSPS) is 16.7. The van der Waals surface area contributed by atoms with Gasteiger partial charge in [0.05, 0.1) is 24.9 Å². The number of morpholine rings is 1. The Labute approximate surface area is 201 Å². The van der Waals surface area contributed by atoms with Gasteiger partial charge in [-0.2, -0.15) is 0 Å². The second kappa shape index (κ2) is 10.1. The van der Waals surface area contributed by atoms with Gasteiger partial charge < -0.3 is 20.3 Å². The minimum absolute atomic E-state index is 0.0777. The van der Waals surface area contributed by atoms with E-state index in [-0.39, 0.29) is 17.0 Å². The van der Waals surface area contributed by atoms with Gasteiger partial charge in [0.25, 0.3) is 0 Å². The molecule has 34 heavy (non-hydrogen) atoms. The molecule has 0 unspecified atom stereocenters. The monoisotopic (exact) mass is 487 g/mol. The van der Waals surface area contributed by atoms with E-state index >= 15 is 0 Å². The van der Waals surface area contributed by atoms with Gasteiger partial charge in [-0.05, 0) is 58.9 Å². The third kappa shape index (κ3) is 5.23. The zero-order valence-electron chi connectivity index (χ0n) is 20.4. The van der Waals surface area contributed by atoms with Crippen LogP contribution in [0.3, 0.4) is 0 Å². The highest BCUT2D eigenvalue weighted by Gasteiger charge is 2.39. The molecular weight excluding hydrogens is 454 g/mol. The lowest BCUT2D eigenvalue weighted by Crippen LogP contribution is -2.44. The lowest BCUT2D eigenvalue weighted by atomic mass is 10.1. The van der Waals surface area contributed by atoms with E-state index in [1.807, 2.05) is 13.8 Å². The highest BCUT2D eigenvalue weighted by molar-refractivity contribution is 7.96.